The van der Waals surface area contributed by atoms with Gasteiger partial charge in [-0.1, -0.05) is 51.1 Å². The van der Waals surface area contributed by atoms with E-state index in [9.17, 15) is 0 Å². The van der Waals surface area contributed by atoms with E-state index in [4.69, 9.17) is 0 Å². The first kappa shape index (κ1) is 14.6. The summed E-state index contributed by atoms with van der Waals surface area (Å²) >= 11 is 0. The van der Waals surface area contributed by atoms with Crippen LogP contribution < -0.4 is 5.32 Å². The summed E-state index contributed by atoms with van der Waals surface area (Å²) in [6.45, 7) is 9.00. The van der Waals surface area contributed by atoms with E-state index in [1.54, 1.807) is 0 Å². The summed E-state index contributed by atoms with van der Waals surface area (Å²) in [5.41, 5.74) is 6.94. The van der Waals surface area contributed by atoms with Gasteiger partial charge >= 0.3 is 0 Å². The van der Waals surface area contributed by atoms with E-state index in [1.807, 2.05) is 7.05 Å². The van der Waals surface area contributed by atoms with Gasteiger partial charge in [-0.2, -0.15) is 0 Å². The van der Waals surface area contributed by atoms with E-state index in [-0.39, 0.29) is 5.41 Å². The summed E-state index contributed by atoms with van der Waals surface area (Å²) in [6, 6.07) is 15.5. The Bertz CT molecular complexity index is 574. The molecule has 0 aliphatic rings. The van der Waals surface area contributed by atoms with Crippen LogP contribution in [0.1, 0.15) is 43.0 Å². The maximum atomic E-state index is 3.15. The predicted molar refractivity (Wildman–Crippen MR) is 88.7 cm³/mol. The van der Waals surface area contributed by atoms with Gasteiger partial charge in [-0.3, -0.25) is 0 Å². The molecule has 0 heterocycles. The first-order valence-corrected chi connectivity index (χ1v) is 7.27. The summed E-state index contributed by atoms with van der Waals surface area (Å²) in [6.07, 6.45) is 1.00. The van der Waals surface area contributed by atoms with Crippen LogP contribution in [-0.2, 0) is 11.8 Å². The minimum absolute atomic E-state index is 0.220. The van der Waals surface area contributed by atoms with Crippen LogP contribution in [0.2, 0.25) is 0 Å². The molecule has 0 spiro atoms. The third-order valence-electron chi connectivity index (χ3n) is 3.85. The minimum Gasteiger partial charge on any atom is -0.388 e. The largest absolute Gasteiger partial charge is 0.388 e. The second kappa shape index (κ2) is 5.70. The van der Waals surface area contributed by atoms with Crippen LogP contribution in [-0.4, -0.2) is 7.05 Å². The highest BCUT2D eigenvalue weighted by atomic mass is 14.8. The van der Waals surface area contributed by atoms with Gasteiger partial charge in [-0.15, -0.1) is 0 Å². The summed E-state index contributed by atoms with van der Waals surface area (Å²) < 4.78 is 0. The molecule has 0 unspecified atom stereocenters. The molecule has 0 saturated heterocycles. The molecular formula is C19H25N. The van der Waals surface area contributed by atoms with Crippen LogP contribution in [0.15, 0.2) is 42.5 Å². The van der Waals surface area contributed by atoms with Gasteiger partial charge in [-0.25, -0.2) is 0 Å². The maximum absolute atomic E-state index is 3.15. The zero-order valence-corrected chi connectivity index (χ0v) is 13.2. The average Bonchev–Trinajstić information content (AvgIpc) is 2.41. The molecule has 1 N–H and O–H groups in total. The number of hydrogen-bond acceptors (Lipinski definition) is 1. The molecule has 0 aromatic heterocycles. The maximum Gasteiger partial charge on any atom is 0.0337 e. The molecule has 0 bridgehead atoms. The molecule has 0 radical (unpaired) electrons. The molecule has 2 rings (SSSR count). The third kappa shape index (κ3) is 3.41. The quantitative estimate of drug-likeness (QED) is 0.832. The lowest BCUT2D eigenvalue weighted by molar-refractivity contribution is 0.589. The first-order valence-electron chi connectivity index (χ1n) is 7.27. The third-order valence-corrected chi connectivity index (χ3v) is 3.85. The lowest BCUT2D eigenvalue weighted by Gasteiger charge is -2.20. The van der Waals surface area contributed by atoms with Crippen molar-refractivity contribution in [1.82, 2.24) is 0 Å². The van der Waals surface area contributed by atoms with Crippen LogP contribution in [0.25, 0.3) is 0 Å². The lowest BCUT2D eigenvalue weighted by Crippen LogP contribution is -2.11. The second-order valence-electron chi connectivity index (χ2n) is 6.51. The monoisotopic (exact) mass is 267 g/mol. The summed E-state index contributed by atoms with van der Waals surface area (Å²) in [5.74, 6) is 0. The number of rotatable bonds is 3. The molecule has 0 saturated carbocycles. The topological polar surface area (TPSA) is 12.0 Å². The van der Waals surface area contributed by atoms with Crippen molar-refractivity contribution in [2.45, 2.75) is 39.5 Å². The Balaban J connectivity index is 2.21. The van der Waals surface area contributed by atoms with Crippen molar-refractivity contribution in [1.29, 1.82) is 0 Å². The molecule has 1 nitrogen and oxygen atoms in total. The smallest absolute Gasteiger partial charge is 0.0337 e. The molecular weight excluding hydrogens is 242 g/mol. The van der Waals surface area contributed by atoms with E-state index in [1.165, 1.54) is 22.3 Å². The van der Waals surface area contributed by atoms with Crippen molar-refractivity contribution in [3.63, 3.8) is 0 Å². The Kier molecular flexibility index (Phi) is 4.17. The van der Waals surface area contributed by atoms with Gasteiger partial charge in [0.2, 0.25) is 0 Å². The zero-order chi connectivity index (χ0) is 14.8. The molecule has 106 valence electrons. The summed E-state index contributed by atoms with van der Waals surface area (Å²) in [7, 11) is 1.95. The Labute approximate surface area is 123 Å². The van der Waals surface area contributed by atoms with Crippen molar-refractivity contribution in [2.24, 2.45) is 0 Å². The van der Waals surface area contributed by atoms with Gasteiger partial charge in [0.25, 0.3) is 0 Å². The highest BCUT2D eigenvalue weighted by molar-refractivity contribution is 5.45. The SMILES string of the molecule is CNc1ccc(Cc2ccc(C(C)(C)C)cc2C)cc1. The summed E-state index contributed by atoms with van der Waals surface area (Å²) in [4.78, 5) is 0. The minimum atomic E-state index is 0.220. The van der Waals surface area contributed by atoms with E-state index >= 15 is 0 Å². The molecule has 2 aromatic carbocycles. The highest BCUT2D eigenvalue weighted by Gasteiger charge is 2.14. The molecule has 1 heteroatoms. The molecule has 0 aliphatic heterocycles. The molecule has 20 heavy (non-hydrogen) atoms. The highest BCUT2D eigenvalue weighted by Crippen LogP contribution is 2.25. The fraction of sp³-hybridized carbons (Fsp3) is 0.368. The summed E-state index contributed by atoms with van der Waals surface area (Å²) in [5, 5.41) is 3.15. The Morgan fingerprint density at radius 2 is 1.60 bits per heavy atom. The standard InChI is InChI=1S/C19H25N/c1-14-12-17(19(2,3)4)9-8-16(14)13-15-6-10-18(20-5)11-7-15/h6-12,20H,13H2,1-5H3. The first-order chi connectivity index (χ1) is 9.40. The fourth-order valence-electron chi connectivity index (χ4n) is 2.37. The Morgan fingerprint density at radius 1 is 0.950 bits per heavy atom. The van der Waals surface area contributed by atoms with Gasteiger partial charge in [0.1, 0.15) is 0 Å². The molecule has 0 amide bonds. The van der Waals surface area contributed by atoms with Crippen molar-refractivity contribution in [3.8, 4) is 0 Å². The van der Waals surface area contributed by atoms with E-state index in [0.717, 1.165) is 12.1 Å². The zero-order valence-electron chi connectivity index (χ0n) is 13.2. The van der Waals surface area contributed by atoms with Gasteiger partial charge in [-0.05, 0) is 53.1 Å². The van der Waals surface area contributed by atoms with Gasteiger partial charge in [0.15, 0.2) is 0 Å². The molecule has 2 aromatic rings. The number of hydrogen-bond donors (Lipinski definition) is 1. The normalized spacial score (nSPS) is 11.4. The number of aryl methyl sites for hydroxylation is 1. The van der Waals surface area contributed by atoms with Crippen molar-refractivity contribution < 1.29 is 0 Å². The van der Waals surface area contributed by atoms with Crippen LogP contribution in [0.3, 0.4) is 0 Å². The Morgan fingerprint density at radius 3 is 2.10 bits per heavy atom. The van der Waals surface area contributed by atoms with E-state index in [2.05, 4.69) is 75.5 Å². The number of anilines is 1. The second-order valence-corrected chi connectivity index (χ2v) is 6.51. The fourth-order valence-corrected chi connectivity index (χ4v) is 2.37. The average molecular weight is 267 g/mol. The van der Waals surface area contributed by atoms with E-state index < -0.39 is 0 Å². The molecule has 0 fully saturated rings. The predicted octanol–water partition coefficient (Wildman–Crippen LogP) is 4.93. The van der Waals surface area contributed by atoms with Crippen LogP contribution in [0.4, 0.5) is 5.69 Å². The molecule has 0 atom stereocenters. The van der Waals surface area contributed by atoms with Crippen LogP contribution in [0.5, 0.6) is 0 Å². The van der Waals surface area contributed by atoms with Crippen LogP contribution in [0, 0.1) is 6.92 Å². The molecule has 0 aliphatic carbocycles. The van der Waals surface area contributed by atoms with Gasteiger partial charge in [0.05, 0.1) is 0 Å². The number of nitrogens with one attached hydrogen (secondary N) is 1. The van der Waals surface area contributed by atoms with Gasteiger partial charge < -0.3 is 5.32 Å². The van der Waals surface area contributed by atoms with Crippen molar-refractivity contribution in [2.75, 3.05) is 12.4 Å². The number of benzene rings is 2. The van der Waals surface area contributed by atoms with Crippen molar-refractivity contribution in [3.05, 3.63) is 64.7 Å². The van der Waals surface area contributed by atoms with Gasteiger partial charge in [0, 0.05) is 12.7 Å². The van der Waals surface area contributed by atoms with Crippen LogP contribution >= 0.6 is 0 Å². The van der Waals surface area contributed by atoms with E-state index in [0.29, 0.717) is 0 Å². The Hall–Kier alpha value is -1.76. The van der Waals surface area contributed by atoms with Crippen molar-refractivity contribution >= 4 is 5.69 Å². The lowest BCUT2D eigenvalue weighted by atomic mass is 9.85.